The van der Waals surface area contributed by atoms with Gasteiger partial charge in [-0.2, -0.15) is 0 Å². The Morgan fingerprint density at radius 2 is 1.93 bits per heavy atom. The predicted molar refractivity (Wildman–Crippen MR) is 110 cm³/mol. The van der Waals surface area contributed by atoms with E-state index in [1.807, 2.05) is 35.0 Å². The Morgan fingerprint density at radius 1 is 1.14 bits per heavy atom. The number of rotatable bonds is 7. The van der Waals surface area contributed by atoms with E-state index in [2.05, 4.69) is 4.98 Å². The van der Waals surface area contributed by atoms with Gasteiger partial charge in [-0.05, 0) is 54.7 Å². The summed E-state index contributed by atoms with van der Waals surface area (Å²) in [5.41, 5.74) is 2.04. The molecule has 4 rings (SSSR count). The van der Waals surface area contributed by atoms with Gasteiger partial charge in [-0.1, -0.05) is 35.9 Å². The third-order valence-electron chi connectivity index (χ3n) is 5.18. The fraction of sp³-hybridized carbons (Fsp3) is 0.348. The molecule has 4 nitrogen and oxygen atoms in total. The highest BCUT2D eigenvalue weighted by molar-refractivity contribution is 6.30. The number of imidazole rings is 1. The molecule has 3 aromatic rings. The summed E-state index contributed by atoms with van der Waals surface area (Å²) in [6, 6.07) is 14.2. The molecule has 29 heavy (non-hydrogen) atoms. The lowest BCUT2D eigenvalue weighted by molar-refractivity contribution is -0.218. The maximum atomic E-state index is 13.3. The van der Waals surface area contributed by atoms with E-state index in [1.54, 1.807) is 24.7 Å². The minimum Gasteiger partial charge on any atom is -0.348 e. The Hall–Kier alpha value is -2.21. The third kappa shape index (κ3) is 5.66. The molecule has 0 bridgehead atoms. The highest BCUT2D eigenvalue weighted by Gasteiger charge is 2.26. The fourth-order valence-electron chi connectivity index (χ4n) is 3.67. The Morgan fingerprint density at radius 3 is 2.66 bits per heavy atom. The van der Waals surface area contributed by atoms with E-state index in [4.69, 9.17) is 21.1 Å². The van der Waals surface area contributed by atoms with Crippen molar-refractivity contribution in [3.05, 3.63) is 89.2 Å². The molecule has 6 heteroatoms. The molecule has 2 aromatic carbocycles. The van der Waals surface area contributed by atoms with Crippen LogP contribution in [0.15, 0.2) is 67.3 Å². The largest absolute Gasteiger partial charge is 0.348 e. The van der Waals surface area contributed by atoms with Crippen LogP contribution in [-0.2, 0) is 22.4 Å². The number of nitrogens with zero attached hydrogens (tertiary/aromatic N) is 2. The fourth-order valence-corrected chi connectivity index (χ4v) is 3.79. The van der Waals surface area contributed by atoms with Crippen molar-refractivity contribution in [3.8, 4) is 0 Å². The monoisotopic (exact) mass is 414 g/mol. The van der Waals surface area contributed by atoms with Crippen LogP contribution in [0.1, 0.15) is 36.5 Å². The zero-order chi connectivity index (χ0) is 20.1. The number of halogens is 2. The molecule has 0 N–H and O–H groups in total. The minimum atomic E-state index is -0.279. The molecule has 0 radical (unpaired) electrons. The summed E-state index contributed by atoms with van der Waals surface area (Å²) in [7, 11) is 0. The lowest BCUT2D eigenvalue weighted by Gasteiger charge is -2.33. The second kappa shape index (κ2) is 9.53. The lowest BCUT2D eigenvalue weighted by atomic mass is 10.0. The predicted octanol–water partition coefficient (Wildman–Crippen LogP) is 5.57. The van der Waals surface area contributed by atoms with Crippen molar-refractivity contribution in [1.29, 1.82) is 0 Å². The summed E-state index contributed by atoms with van der Waals surface area (Å²) in [6.07, 6.45) is 8.68. The summed E-state index contributed by atoms with van der Waals surface area (Å²) in [4.78, 5) is 4.09. The molecular weight excluding hydrogens is 391 g/mol. The Balaban J connectivity index is 1.46. The number of hydrogen-bond donors (Lipinski definition) is 0. The van der Waals surface area contributed by atoms with Crippen LogP contribution in [0.4, 0.5) is 4.39 Å². The molecule has 0 amide bonds. The van der Waals surface area contributed by atoms with Gasteiger partial charge < -0.3 is 14.0 Å². The van der Waals surface area contributed by atoms with Crippen LogP contribution in [0.25, 0.3) is 0 Å². The number of ether oxygens (including phenoxy) is 2. The van der Waals surface area contributed by atoms with Gasteiger partial charge in [0.15, 0.2) is 6.29 Å². The molecule has 3 atom stereocenters. The van der Waals surface area contributed by atoms with E-state index >= 15 is 0 Å². The Kier molecular flexibility index (Phi) is 6.60. The van der Waals surface area contributed by atoms with Crippen molar-refractivity contribution in [2.75, 3.05) is 0 Å². The molecule has 1 aliphatic rings. The Bertz CT molecular complexity index is 884. The summed E-state index contributed by atoms with van der Waals surface area (Å²) < 4.78 is 28.0. The lowest BCUT2D eigenvalue weighted by Crippen LogP contribution is -2.33. The van der Waals surface area contributed by atoms with Gasteiger partial charge in [0.25, 0.3) is 0 Å². The van der Waals surface area contributed by atoms with E-state index in [0.29, 0.717) is 11.4 Å². The SMILES string of the molecule is Fc1ccc(CC(OC2CCCC(Cn3ccnc3)O2)c2ccc(Cl)cc2)cc1. The summed E-state index contributed by atoms with van der Waals surface area (Å²) in [5, 5.41) is 0.684. The Labute approximate surface area is 175 Å². The van der Waals surface area contributed by atoms with Crippen molar-refractivity contribution in [1.82, 2.24) is 9.55 Å². The first-order chi connectivity index (χ1) is 14.2. The number of benzene rings is 2. The highest BCUT2D eigenvalue weighted by atomic mass is 35.5. The van der Waals surface area contributed by atoms with Gasteiger partial charge >= 0.3 is 0 Å². The van der Waals surface area contributed by atoms with Crippen molar-refractivity contribution in [3.63, 3.8) is 0 Å². The molecule has 1 aromatic heterocycles. The highest BCUT2D eigenvalue weighted by Crippen LogP contribution is 2.30. The van der Waals surface area contributed by atoms with Crippen LogP contribution < -0.4 is 0 Å². The van der Waals surface area contributed by atoms with Gasteiger partial charge in [-0.25, -0.2) is 9.37 Å². The van der Waals surface area contributed by atoms with Crippen molar-refractivity contribution in [2.24, 2.45) is 0 Å². The van der Waals surface area contributed by atoms with E-state index in [0.717, 1.165) is 36.9 Å². The van der Waals surface area contributed by atoms with E-state index in [1.165, 1.54) is 12.1 Å². The van der Waals surface area contributed by atoms with Gasteiger partial charge in [0, 0.05) is 30.4 Å². The molecule has 1 aliphatic heterocycles. The van der Waals surface area contributed by atoms with Gasteiger partial charge in [0.1, 0.15) is 5.82 Å². The van der Waals surface area contributed by atoms with Gasteiger partial charge in [-0.15, -0.1) is 0 Å². The van der Waals surface area contributed by atoms with E-state index < -0.39 is 0 Å². The average Bonchev–Trinajstić information content (AvgIpc) is 3.23. The molecule has 3 unspecified atom stereocenters. The first-order valence-electron chi connectivity index (χ1n) is 9.92. The normalized spacial score (nSPS) is 20.5. The second-order valence-electron chi connectivity index (χ2n) is 7.38. The van der Waals surface area contributed by atoms with Crippen LogP contribution in [0.2, 0.25) is 5.02 Å². The van der Waals surface area contributed by atoms with Crippen LogP contribution in [0.5, 0.6) is 0 Å². The van der Waals surface area contributed by atoms with Crippen molar-refractivity contribution < 1.29 is 13.9 Å². The van der Waals surface area contributed by atoms with Crippen molar-refractivity contribution in [2.45, 2.75) is 50.7 Å². The molecule has 0 spiro atoms. The molecule has 1 fully saturated rings. The van der Waals surface area contributed by atoms with Gasteiger partial charge in [-0.3, -0.25) is 0 Å². The zero-order valence-corrected chi connectivity index (χ0v) is 16.8. The van der Waals surface area contributed by atoms with Crippen LogP contribution >= 0.6 is 11.6 Å². The van der Waals surface area contributed by atoms with Gasteiger partial charge in [0.2, 0.25) is 0 Å². The van der Waals surface area contributed by atoms with Crippen LogP contribution in [0.3, 0.4) is 0 Å². The van der Waals surface area contributed by atoms with Gasteiger partial charge in [0.05, 0.1) is 18.5 Å². The third-order valence-corrected chi connectivity index (χ3v) is 5.43. The van der Waals surface area contributed by atoms with Crippen LogP contribution in [-0.4, -0.2) is 21.9 Å². The standard InChI is InChI=1S/C23H24ClFN2O2/c24-19-8-6-18(7-9-19)22(14-17-4-10-20(25)11-5-17)29-23-3-1-2-21(28-23)15-27-13-12-26-16-27/h4-13,16,21-23H,1-3,14-15H2. The molecule has 152 valence electrons. The van der Waals surface area contributed by atoms with E-state index in [9.17, 15) is 4.39 Å². The number of aromatic nitrogens is 2. The quantitative estimate of drug-likeness (QED) is 0.507. The summed E-state index contributed by atoms with van der Waals surface area (Å²) >= 11 is 6.06. The van der Waals surface area contributed by atoms with E-state index in [-0.39, 0.29) is 24.3 Å². The summed E-state index contributed by atoms with van der Waals surface area (Å²) in [5.74, 6) is -0.240. The number of hydrogen-bond acceptors (Lipinski definition) is 3. The molecule has 2 heterocycles. The maximum Gasteiger partial charge on any atom is 0.158 e. The second-order valence-corrected chi connectivity index (χ2v) is 7.82. The summed E-state index contributed by atoms with van der Waals surface area (Å²) in [6.45, 7) is 0.767. The molecule has 0 saturated carbocycles. The zero-order valence-electron chi connectivity index (χ0n) is 16.1. The van der Waals surface area contributed by atoms with Crippen molar-refractivity contribution >= 4 is 11.6 Å². The van der Waals surface area contributed by atoms with Crippen LogP contribution in [0, 0.1) is 5.82 Å². The molecule has 0 aliphatic carbocycles. The topological polar surface area (TPSA) is 36.3 Å². The smallest absolute Gasteiger partial charge is 0.158 e. The molecular formula is C23H24ClFN2O2. The maximum absolute atomic E-state index is 13.3. The first-order valence-corrected chi connectivity index (χ1v) is 10.3. The average molecular weight is 415 g/mol. The first kappa shape index (κ1) is 20.1. The molecule has 1 saturated heterocycles. The minimum absolute atomic E-state index is 0.0969.